The van der Waals surface area contributed by atoms with E-state index >= 15 is 0 Å². The molecule has 0 saturated carbocycles. The van der Waals surface area contributed by atoms with Gasteiger partial charge in [-0.15, -0.1) is 0 Å². The summed E-state index contributed by atoms with van der Waals surface area (Å²) in [4.78, 5) is 0.124. The first-order valence-corrected chi connectivity index (χ1v) is 6.54. The van der Waals surface area contributed by atoms with Crippen molar-refractivity contribution in [3.63, 3.8) is 0 Å². The van der Waals surface area contributed by atoms with Gasteiger partial charge in [-0.05, 0) is 31.9 Å². The van der Waals surface area contributed by atoms with Gasteiger partial charge in [0.05, 0.1) is 11.0 Å². The van der Waals surface area contributed by atoms with Crippen LogP contribution in [0, 0.1) is 12.8 Å². The Morgan fingerprint density at radius 2 is 1.69 bits per heavy atom. The summed E-state index contributed by atoms with van der Waals surface area (Å²) in [6.45, 7) is 6.69. The molecule has 0 aliphatic carbocycles. The van der Waals surface area contributed by atoms with Crippen LogP contribution < -0.4 is 0 Å². The Hall–Kier alpha value is -0.870. The molecule has 1 atom stereocenters. The molecule has 0 N–H and O–H groups in total. The first-order chi connectivity index (χ1) is 7.63. The molecular formula is C12H18O3S. The quantitative estimate of drug-likeness (QED) is 0.764. The molecule has 0 aliphatic rings. The Morgan fingerprint density at radius 3 is 2.12 bits per heavy atom. The van der Waals surface area contributed by atoms with E-state index in [1.807, 2.05) is 6.92 Å². The van der Waals surface area contributed by atoms with Crippen molar-refractivity contribution in [3.05, 3.63) is 29.8 Å². The number of hydrogen-bond donors (Lipinski definition) is 0. The highest BCUT2D eigenvalue weighted by atomic mass is 32.2. The van der Waals surface area contributed by atoms with Crippen LogP contribution in [0.4, 0.5) is 0 Å². The number of benzene rings is 1. The van der Waals surface area contributed by atoms with E-state index in [4.69, 9.17) is 5.55 Å². The molecule has 0 spiro atoms. The van der Waals surface area contributed by atoms with Crippen molar-refractivity contribution >= 4 is 10.1 Å². The second-order valence-corrected chi connectivity index (χ2v) is 5.66. The van der Waals surface area contributed by atoms with Crippen LogP contribution >= 0.6 is 0 Å². The minimum Gasteiger partial charge on any atom is -0.263 e. The summed E-state index contributed by atoms with van der Waals surface area (Å²) in [5.41, 5.74) is 0.984. The van der Waals surface area contributed by atoms with Gasteiger partial charge in [-0.25, -0.2) is 0 Å². The van der Waals surface area contributed by atoms with E-state index in [9.17, 15) is 8.42 Å². The average Bonchev–Trinajstić information content (AvgIpc) is 2.16. The molecule has 0 radical (unpaired) electrons. The Balaban J connectivity index is 2.94. The van der Waals surface area contributed by atoms with Crippen LogP contribution in [0.15, 0.2) is 29.2 Å². The fourth-order valence-electron chi connectivity index (χ4n) is 1.05. The van der Waals surface area contributed by atoms with Crippen LogP contribution in [0.3, 0.4) is 0 Å². The minimum absolute atomic E-state index is 0.124. The van der Waals surface area contributed by atoms with Crippen LogP contribution in [0.5, 0.6) is 0 Å². The maximum Gasteiger partial charge on any atom is 0.297 e. The predicted octanol–water partition coefficient (Wildman–Crippen LogP) is 2.74. The van der Waals surface area contributed by atoms with Gasteiger partial charge < -0.3 is 0 Å². The van der Waals surface area contributed by atoms with Crippen molar-refractivity contribution in [2.45, 2.75) is 38.7 Å². The molecule has 3 nitrogen and oxygen atoms in total. The summed E-state index contributed by atoms with van der Waals surface area (Å²) in [7, 11) is -3.78. The fraction of sp³-hybridized carbons (Fsp3) is 0.500. The fourth-order valence-corrected chi connectivity index (χ4v) is 2.20. The molecule has 0 aromatic heterocycles. The molecule has 1 aromatic carbocycles. The third kappa shape index (κ3) is 3.32. The Bertz CT molecular complexity index is 471. The Morgan fingerprint density at radius 1 is 1.19 bits per heavy atom. The summed E-state index contributed by atoms with van der Waals surface area (Å²) >= 11 is 0. The molecule has 1 aromatic rings. The summed E-state index contributed by atoms with van der Waals surface area (Å²) in [6, 6.07) is 6.45. The number of rotatable bonds is 4. The standard InChI is InChI=1S/C12H18O3S/c1-9(2)11(4)15-16(13,14)12-7-5-10(3)6-8-12/h5-9,11H,1-4H3/i9D. The van der Waals surface area contributed by atoms with Gasteiger partial charge in [0.15, 0.2) is 0 Å². The summed E-state index contributed by atoms with van der Waals surface area (Å²) in [5, 5.41) is 0. The molecule has 0 fully saturated rings. The van der Waals surface area contributed by atoms with E-state index in [0.29, 0.717) is 0 Å². The monoisotopic (exact) mass is 243 g/mol. The van der Waals surface area contributed by atoms with E-state index in [1.165, 1.54) is 12.1 Å². The van der Waals surface area contributed by atoms with Crippen molar-refractivity contribution in [2.24, 2.45) is 5.89 Å². The smallest absolute Gasteiger partial charge is 0.263 e. The lowest BCUT2D eigenvalue weighted by atomic mass is 10.1. The van der Waals surface area contributed by atoms with Gasteiger partial charge in [-0.2, -0.15) is 8.42 Å². The van der Waals surface area contributed by atoms with Crippen molar-refractivity contribution in [3.8, 4) is 0 Å². The van der Waals surface area contributed by atoms with Crippen LogP contribution in [0.25, 0.3) is 0 Å². The molecule has 16 heavy (non-hydrogen) atoms. The second-order valence-electron chi connectivity index (χ2n) is 4.08. The van der Waals surface area contributed by atoms with E-state index in [-0.39, 0.29) is 4.90 Å². The molecule has 1 unspecified atom stereocenters. The molecule has 90 valence electrons. The molecule has 0 amide bonds. The molecule has 0 saturated heterocycles. The maximum absolute atomic E-state index is 11.9. The second kappa shape index (κ2) is 4.97. The van der Waals surface area contributed by atoms with Crippen molar-refractivity contribution in [2.75, 3.05) is 0 Å². The van der Waals surface area contributed by atoms with Crippen molar-refractivity contribution in [1.29, 1.82) is 0 Å². The molecule has 4 heteroatoms. The van der Waals surface area contributed by atoms with Gasteiger partial charge in [-0.3, -0.25) is 4.18 Å². The minimum atomic E-state index is -3.78. The van der Waals surface area contributed by atoms with Crippen molar-refractivity contribution < 1.29 is 14.0 Å². The van der Waals surface area contributed by atoms with Gasteiger partial charge >= 0.3 is 0 Å². The highest BCUT2D eigenvalue weighted by Gasteiger charge is 2.20. The largest absolute Gasteiger partial charge is 0.297 e. The van der Waals surface area contributed by atoms with Gasteiger partial charge in [0, 0.05) is 1.37 Å². The summed E-state index contributed by atoms with van der Waals surface area (Å²) < 4.78 is 36.5. The van der Waals surface area contributed by atoms with Gasteiger partial charge in [0.25, 0.3) is 10.1 Å². The van der Waals surface area contributed by atoms with Crippen LogP contribution in [-0.4, -0.2) is 14.5 Å². The molecule has 0 heterocycles. The number of aryl methyl sites for hydroxylation is 1. The third-order valence-electron chi connectivity index (χ3n) is 2.39. The van der Waals surface area contributed by atoms with Crippen LogP contribution in [0.2, 0.25) is 0 Å². The van der Waals surface area contributed by atoms with E-state index in [1.54, 1.807) is 32.9 Å². The normalized spacial score (nSPS) is 15.6. The Kier molecular flexibility index (Phi) is 3.61. The van der Waals surface area contributed by atoms with Crippen molar-refractivity contribution in [1.82, 2.24) is 0 Å². The maximum atomic E-state index is 11.9. The van der Waals surface area contributed by atoms with Gasteiger partial charge in [0.2, 0.25) is 0 Å². The van der Waals surface area contributed by atoms with E-state index < -0.39 is 22.1 Å². The first-order valence-electron chi connectivity index (χ1n) is 5.63. The van der Waals surface area contributed by atoms with Crippen LogP contribution in [0.1, 0.15) is 27.7 Å². The zero-order valence-corrected chi connectivity index (χ0v) is 10.8. The average molecular weight is 243 g/mol. The highest BCUT2D eigenvalue weighted by molar-refractivity contribution is 7.86. The topological polar surface area (TPSA) is 43.4 Å². The zero-order valence-electron chi connectivity index (χ0n) is 11.0. The number of hydrogen-bond acceptors (Lipinski definition) is 3. The summed E-state index contributed by atoms with van der Waals surface area (Å²) in [6.07, 6.45) is -0.700. The summed E-state index contributed by atoms with van der Waals surface area (Å²) in [5.74, 6) is -0.961. The van der Waals surface area contributed by atoms with Crippen LogP contribution in [-0.2, 0) is 14.3 Å². The van der Waals surface area contributed by atoms with Gasteiger partial charge in [0.1, 0.15) is 0 Å². The Labute approximate surface area is 99.0 Å². The molecular weight excluding hydrogens is 224 g/mol. The van der Waals surface area contributed by atoms with E-state index in [0.717, 1.165) is 5.56 Å². The lowest BCUT2D eigenvalue weighted by molar-refractivity contribution is 0.178. The lowest BCUT2D eigenvalue weighted by Crippen LogP contribution is -2.20. The van der Waals surface area contributed by atoms with E-state index in [2.05, 4.69) is 0 Å². The SMILES string of the molecule is [2H]C(C)(C)C(C)OS(=O)(=O)c1ccc(C)cc1. The third-order valence-corrected chi connectivity index (χ3v) is 3.79. The predicted molar refractivity (Wildman–Crippen MR) is 63.7 cm³/mol. The molecule has 0 bridgehead atoms. The molecule has 1 rings (SSSR count). The molecule has 0 aliphatic heterocycles. The lowest BCUT2D eigenvalue weighted by Gasteiger charge is -2.16. The zero-order chi connectivity index (χ0) is 13.3. The highest BCUT2D eigenvalue weighted by Crippen LogP contribution is 2.17. The van der Waals surface area contributed by atoms with Gasteiger partial charge in [-0.1, -0.05) is 31.5 Å². The first kappa shape index (κ1) is 11.6.